The van der Waals surface area contributed by atoms with Crippen LogP contribution in [0.15, 0.2) is 28.7 Å². The lowest BCUT2D eigenvalue weighted by molar-refractivity contribution is -0.128. The van der Waals surface area contributed by atoms with E-state index in [-0.39, 0.29) is 18.1 Å². The molecular formula is C15H20BrN3O3. The molecule has 2 atom stereocenters. The highest BCUT2D eigenvalue weighted by Crippen LogP contribution is 2.24. The first kappa shape index (κ1) is 16.9. The Morgan fingerprint density at radius 2 is 2.05 bits per heavy atom. The largest absolute Gasteiger partial charge is 0.371 e. The van der Waals surface area contributed by atoms with Gasteiger partial charge < -0.3 is 10.1 Å². The molecule has 1 heterocycles. The van der Waals surface area contributed by atoms with E-state index in [2.05, 4.69) is 26.6 Å². The van der Waals surface area contributed by atoms with Crippen LogP contribution in [0.4, 0.5) is 4.79 Å². The molecule has 3 amide bonds. The number of morpholine rings is 1. The van der Waals surface area contributed by atoms with Crippen LogP contribution >= 0.6 is 15.9 Å². The van der Waals surface area contributed by atoms with E-state index in [0.29, 0.717) is 19.7 Å². The van der Waals surface area contributed by atoms with Gasteiger partial charge in [-0.2, -0.15) is 0 Å². The average molecular weight is 370 g/mol. The summed E-state index contributed by atoms with van der Waals surface area (Å²) in [7, 11) is 1.48. The molecule has 0 saturated carbocycles. The summed E-state index contributed by atoms with van der Waals surface area (Å²) in [6, 6.07) is 7.08. The molecule has 0 unspecified atom stereocenters. The van der Waals surface area contributed by atoms with Crippen molar-refractivity contribution in [3.05, 3.63) is 34.3 Å². The Morgan fingerprint density at radius 1 is 1.36 bits per heavy atom. The predicted octanol–water partition coefficient (Wildman–Crippen LogP) is 1.67. The maximum Gasteiger partial charge on any atom is 0.321 e. The molecule has 1 aromatic rings. The average Bonchev–Trinajstić information content (AvgIpc) is 2.54. The van der Waals surface area contributed by atoms with Crippen LogP contribution in [0.5, 0.6) is 0 Å². The smallest absolute Gasteiger partial charge is 0.321 e. The Balaban J connectivity index is 1.99. The van der Waals surface area contributed by atoms with Crippen molar-refractivity contribution < 1.29 is 14.3 Å². The van der Waals surface area contributed by atoms with E-state index < -0.39 is 6.03 Å². The van der Waals surface area contributed by atoms with E-state index >= 15 is 0 Å². The number of urea groups is 1. The van der Waals surface area contributed by atoms with Crippen LogP contribution in [0.1, 0.15) is 18.6 Å². The monoisotopic (exact) mass is 369 g/mol. The third kappa shape index (κ3) is 4.28. The third-order valence-corrected chi connectivity index (χ3v) is 4.26. The molecule has 120 valence electrons. The van der Waals surface area contributed by atoms with Crippen LogP contribution in [0.3, 0.4) is 0 Å². The van der Waals surface area contributed by atoms with Crippen LogP contribution < -0.4 is 10.6 Å². The van der Waals surface area contributed by atoms with Crippen molar-refractivity contribution in [2.75, 3.05) is 26.7 Å². The normalized spacial score (nSPS) is 20.2. The molecule has 1 fully saturated rings. The highest BCUT2D eigenvalue weighted by Gasteiger charge is 2.29. The SMILES string of the molecule is CNC(=O)NC(=O)[C@@H](C)N1CCO[C@@H](c2ccc(Br)cc2)C1. The standard InChI is InChI=1S/C15H20BrN3O3/c1-10(14(20)18-15(21)17-2)19-7-8-22-13(9-19)11-3-5-12(16)6-4-11/h3-6,10,13H,7-9H2,1-2H3,(H2,17,18,20,21)/t10-,13-/m1/s1. The molecule has 1 aliphatic rings. The van der Waals surface area contributed by atoms with Gasteiger partial charge >= 0.3 is 6.03 Å². The lowest BCUT2D eigenvalue weighted by Crippen LogP contribution is -2.52. The first-order valence-corrected chi connectivity index (χ1v) is 7.94. The van der Waals surface area contributed by atoms with Crippen LogP contribution in [0, 0.1) is 0 Å². The van der Waals surface area contributed by atoms with Crippen molar-refractivity contribution in [2.24, 2.45) is 0 Å². The molecule has 0 aliphatic carbocycles. The minimum Gasteiger partial charge on any atom is -0.371 e. The van der Waals surface area contributed by atoms with Gasteiger partial charge in [0.05, 0.1) is 18.8 Å². The second kappa shape index (κ2) is 7.71. The number of carbonyl (C=O) groups is 2. The van der Waals surface area contributed by atoms with Gasteiger partial charge in [-0.25, -0.2) is 4.79 Å². The summed E-state index contributed by atoms with van der Waals surface area (Å²) in [4.78, 5) is 25.3. The maximum atomic E-state index is 12.0. The van der Waals surface area contributed by atoms with E-state index in [1.165, 1.54) is 7.05 Å². The van der Waals surface area contributed by atoms with Crippen molar-refractivity contribution in [3.63, 3.8) is 0 Å². The Labute approximate surface area is 138 Å². The molecule has 1 aromatic carbocycles. The van der Waals surface area contributed by atoms with Gasteiger partial charge in [-0.15, -0.1) is 0 Å². The molecule has 7 heteroatoms. The highest BCUT2D eigenvalue weighted by molar-refractivity contribution is 9.10. The molecule has 2 rings (SSSR count). The van der Waals surface area contributed by atoms with Gasteiger partial charge in [-0.1, -0.05) is 28.1 Å². The summed E-state index contributed by atoms with van der Waals surface area (Å²) >= 11 is 3.41. The van der Waals surface area contributed by atoms with Crippen molar-refractivity contribution in [2.45, 2.75) is 19.1 Å². The van der Waals surface area contributed by atoms with Crippen molar-refractivity contribution in [1.29, 1.82) is 0 Å². The Kier molecular flexibility index (Phi) is 5.93. The summed E-state index contributed by atoms with van der Waals surface area (Å²) in [6.07, 6.45) is -0.0721. The van der Waals surface area contributed by atoms with Gasteiger partial charge in [0.25, 0.3) is 0 Å². The number of carbonyl (C=O) groups excluding carboxylic acids is 2. The van der Waals surface area contributed by atoms with Crippen LogP contribution in [-0.4, -0.2) is 49.6 Å². The zero-order chi connectivity index (χ0) is 16.1. The Morgan fingerprint density at radius 3 is 2.68 bits per heavy atom. The third-order valence-electron chi connectivity index (χ3n) is 3.73. The lowest BCUT2D eigenvalue weighted by atomic mass is 10.1. The van der Waals surface area contributed by atoms with Gasteiger partial charge in [-0.05, 0) is 24.6 Å². The van der Waals surface area contributed by atoms with E-state index in [0.717, 1.165) is 10.0 Å². The van der Waals surface area contributed by atoms with Crippen molar-refractivity contribution >= 4 is 27.9 Å². The topological polar surface area (TPSA) is 70.7 Å². The Hall–Kier alpha value is -1.44. The van der Waals surface area contributed by atoms with Crippen molar-refractivity contribution in [1.82, 2.24) is 15.5 Å². The molecule has 0 bridgehead atoms. The zero-order valence-corrected chi connectivity index (χ0v) is 14.2. The lowest BCUT2D eigenvalue weighted by Gasteiger charge is -2.36. The fraction of sp³-hybridized carbons (Fsp3) is 0.467. The quantitative estimate of drug-likeness (QED) is 0.849. The van der Waals surface area contributed by atoms with Gasteiger partial charge in [0, 0.05) is 24.6 Å². The number of hydrogen-bond donors (Lipinski definition) is 2. The number of benzene rings is 1. The molecule has 2 N–H and O–H groups in total. The van der Waals surface area contributed by atoms with E-state index in [9.17, 15) is 9.59 Å². The molecule has 6 nitrogen and oxygen atoms in total. The highest BCUT2D eigenvalue weighted by atomic mass is 79.9. The summed E-state index contributed by atoms with van der Waals surface area (Å²) in [5.41, 5.74) is 1.08. The number of hydrogen-bond acceptors (Lipinski definition) is 4. The van der Waals surface area contributed by atoms with E-state index in [1.807, 2.05) is 29.2 Å². The maximum absolute atomic E-state index is 12.0. The fourth-order valence-corrected chi connectivity index (χ4v) is 2.61. The number of nitrogens with one attached hydrogen (secondary N) is 2. The summed E-state index contributed by atoms with van der Waals surface area (Å²) in [6.45, 7) is 3.62. The first-order valence-electron chi connectivity index (χ1n) is 7.15. The second-order valence-corrected chi connectivity index (χ2v) is 6.07. The minimum absolute atomic E-state index is 0.0721. The second-order valence-electron chi connectivity index (χ2n) is 5.15. The molecule has 1 saturated heterocycles. The van der Waals surface area contributed by atoms with Crippen LogP contribution in [0.2, 0.25) is 0 Å². The summed E-state index contributed by atoms with van der Waals surface area (Å²) in [5, 5.41) is 4.69. The van der Waals surface area contributed by atoms with Gasteiger partial charge in [0.2, 0.25) is 5.91 Å². The summed E-state index contributed by atoms with van der Waals surface area (Å²) in [5.74, 6) is -0.309. The summed E-state index contributed by atoms with van der Waals surface area (Å²) < 4.78 is 6.81. The van der Waals surface area contributed by atoms with Gasteiger partial charge in [0.1, 0.15) is 0 Å². The predicted molar refractivity (Wildman–Crippen MR) is 86.5 cm³/mol. The molecule has 22 heavy (non-hydrogen) atoms. The van der Waals surface area contributed by atoms with E-state index in [1.54, 1.807) is 6.92 Å². The molecule has 0 radical (unpaired) electrons. The number of imide groups is 1. The number of rotatable bonds is 3. The fourth-order valence-electron chi connectivity index (χ4n) is 2.34. The van der Waals surface area contributed by atoms with Gasteiger partial charge in [-0.3, -0.25) is 15.0 Å². The van der Waals surface area contributed by atoms with Crippen LogP contribution in [0.25, 0.3) is 0 Å². The molecular weight excluding hydrogens is 350 g/mol. The van der Waals surface area contributed by atoms with E-state index in [4.69, 9.17) is 4.74 Å². The minimum atomic E-state index is -0.491. The molecule has 0 spiro atoms. The number of ether oxygens (including phenoxy) is 1. The first-order chi connectivity index (χ1) is 10.5. The zero-order valence-electron chi connectivity index (χ0n) is 12.6. The number of amides is 3. The Bertz CT molecular complexity index is 535. The number of nitrogens with zero attached hydrogens (tertiary/aromatic N) is 1. The molecule has 1 aliphatic heterocycles. The van der Waals surface area contributed by atoms with Gasteiger partial charge in [0.15, 0.2) is 0 Å². The van der Waals surface area contributed by atoms with Crippen molar-refractivity contribution in [3.8, 4) is 0 Å². The molecule has 0 aromatic heterocycles. The number of halogens is 1. The van der Waals surface area contributed by atoms with Crippen LogP contribution in [-0.2, 0) is 9.53 Å².